The molecule has 134 valence electrons. The molecule has 0 aliphatic rings. The van der Waals surface area contributed by atoms with E-state index in [4.69, 9.17) is 11.6 Å². The molecule has 2 heterocycles. The van der Waals surface area contributed by atoms with Gasteiger partial charge in [-0.2, -0.15) is 5.26 Å². The number of aromatic amines is 1. The average Bonchev–Trinajstić information content (AvgIpc) is 3.30. The summed E-state index contributed by atoms with van der Waals surface area (Å²) in [5.41, 5.74) is 2.65. The Bertz CT molecular complexity index is 1180. The molecule has 4 rings (SSSR count). The van der Waals surface area contributed by atoms with Crippen molar-refractivity contribution < 1.29 is 8.78 Å². The lowest BCUT2D eigenvalue weighted by Crippen LogP contribution is -2.11. The van der Waals surface area contributed by atoms with Crippen molar-refractivity contribution in [1.29, 1.82) is 5.26 Å². The maximum Gasteiger partial charge on any atom is 0.167 e. The Labute approximate surface area is 162 Å². The zero-order chi connectivity index (χ0) is 19.0. The van der Waals surface area contributed by atoms with Gasteiger partial charge in [0.1, 0.15) is 6.04 Å². The van der Waals surface area contributed by atoms with Crippen molar-refractivity contribution in [2.24, 2.45) is 0 Å². The number of thiophene rings is 1. The highest BCUT2D eigenvalue weighted by atomic mass is 35.5. The number of imidazole rings is 1. The minimum absolute atomic E-state index is 0.0674. The maximum atomic E-state index is 14.7. The van der Waals surface area contributed by atoms with E-state index in [1.54, 1.807) is 36.0 Å². The number of rotatable bonds is 4. The van der Waals surface area contributed by atoms with Crippen LogP contribution in [0.4, 0.5) is 14.5 Å². The van der Waals surface area contributed by atoms with Crippen molar-refractivity contribution in [2.75, 3.05) is 5.32 Å². The minimum atomic E-state index is -1.06. The van der Waals surface area contributed by atoms with Gasteiger partial charge in [0.2, 0.25) is 0 Å². The monoisotopic (exact) mass is 400 g/mol. The molecular weight excluding hydrogens is 390 g/mol. The van der Waals surface area contributed by atoms with Gasteiger partial charge in [-0.05, 0) is 29.8 Å². The maximum absolute atomic E-state index is 14.7. The number of nitrogens with zero attached hydrogens (tertiary/aromatic N) is 2. The molecule has 2 aromatic heterocycles. The molecule has 0 aliphatic carbocycles. The average molecular weight is 401 g/mol. The highest BCUT2D eigenvalue weighted by molar-refractivity contribution is 7.14. The van der Waals surface area contributed by atoms with Gasteiger partial charge in [0.15, 0.2) is 11.6 Å². The fourth-order valence-electron chi connectivity index (χ4n) is 2.83. The van der Waals surface area contributed by atoms with Crippen molar-refractivity contribution in [3.8, 4) is 17.2 Å². The molecular formula is C19H11ClF2N4S. The molecule has 0 amide bonds. The number of halogens is 3. The molecule has 0 saturated heterocycles. The second kappa shape index (κ2) is 6.99. The first-order valence-electron chi connectivity index (χ1n) is 7.88. The van der Waals surface area contributed by atoms with Gasteiger partial charge in [0, 0.05) is 22.2 Å². The van der Waals surface area contributed by atoms with Crippen LogP contribution in [-0.4, -0.2) is 9.97 Å². The predicted molar refractivity (Wildman–Crippen MR) is 103 cm³/mol. The quantitative estimate of drug-likeness (QED) is 0.448. The number of H-pyrrole nitrogens is 1. The third-order valence-electron chi connectivity index (χ3n) is 4.16. The van der Waals surface area contributed by atoms with Crippen molar-refractivity contribution >= 4 is 39.7 Å². The lowest BCUT2D eigenvalue weighted by molar-refractivity contribution is 0.500. The van der Waals surface area contributed by atoms with Crippen LogP contribution < -0.4 is 5.32 Å². The number of nitriles is 1. The zero-order valence-corrected chi connectivity index (χ0v) is 15.2. The molecule has 0 fully saturated rings. The molecule has 4 nitrogen and oxygen atoms in total. The number of anilines is 1. The van der Waals surface area contributed by atoms with Gasteiger partial charge in [0.25, 0.3) is 0 Å². The van der Waals surface area contributed by atoms with Crippen LogP contribution in [0.25, 0.3) is 22.2 Å². The first-order chi connectivity index (χ1) is 13.1. The Morgan fingerprint density at radius 2 is 2.04 bits per heavy atom. The van der Waals surface area contributed by atoms with Crippen molar-refractivity contribution in [3.63, 3.8) is 0 Å². The van der Waals surface area contributed by atoms with Gasteiger partial charge < -0.3 is 10.3 Å². The van der Waals surface area contributed by atoms with Crippen LogP contribution in [-0.2, 0) is 0 Å². The Morgan fingerprint density at radius 3 is 2.78 bits per heavy atom. The third kappa shape index (κ3) is 3.25. The van der Waals surface area contributed by atoms with E-state index in [0.29, 0.717) is 21.1 Å². The molecule has 2 aromatic carbocycles. The van der Waals surface area contributed by atoms with E-state index in [0.717, 1.165) is 5.52 Å². The Hall–Kier alpha value is -2.95. The molecule has 0 aliphatic heterocycles. The van der Waals surface area contributed by atoms with Crippen LogP contribution in [0.5, 0.6) is 0 Å². The van der Waals surface area contributed by atoms with Crippen LogP contribution in [0.2, 0.25) is 4.34 Å². The molecule has 1 atom stereocenters. The summed E-state index contributed by atoms with van der Waals surface area (Å²) in [6, 6.07) is 10.6. The summed E-state index contributed by atoms with van der Waals surface area (Å²) >= 11 is 7.11. The highest BCUT2D eigenvalue weighted by Crippen LogP contribution is 2.34. The highest BCUT2D eigenvalue weighted by Gasteiger charge is 2.21. The number of hydrogen-bond donors (Lipinski definition) is 2. The SMILES string of the molecule is N#CC(Nc1ccc2[nH]cnc2c1)c1ccc(-c2csc(Cl)c2)c(F)c1F. The van der Waals surface area contributed by atoms with E-state index in [2.05, 4.69) is 15.3 Å². The first-order valence-corrected chi connectivity index (χ1v) is 9.14. The van der Waals surface area contributed by atoms with Crippen LogP contribution >= 0.6 is 22.9 Å². The summed E-state index contributed by atoms with van der Waals surface area (Å²) in [6.07, 6.45) is 1.56. The van der Waals surface area contributed by atoms with Crippen LogP contribution in [0.15, 0.2) is 48.1 Å². The Balaban J connectivity index is 1.68. The van der Waals surface area contributed by atoms with E-state index in [9.17, 15) is 14.0 Å². The van der Waals surface area contributed by atoms with Gasteiger partial charge >= 0.3 is 0 Å². The van der Waals surface area contributed by atoms with E-state index < -0.39 is 17.7 Å². The number of nitrogens with one attached hydrogen (secondary N) is 2. The number of benzene rings is 2. The Kier molecular flexibility index (Phi) is 4.52. The fraction of sp³-hybridized carbons (Fsp3) is 0.0526. The second-order valence-electron chi connectivity index (χ2n) is 5.81. The van der Waals surface area contributed by atoms with Gasteiger partial charge in [-0.25, -0.2) is 13.8 Å². The largest absolute Gasteiger partial charge is 0.366 e. The second-order valence-corrected chi connectivity index (χ2v) is 7.35. The van der Waals surface area contributed by atoms with Crippen LogP contribution in [0.3, 0.4) is 0 Å². The van der Waals surface area contributed by atoms with E-state index >= 15 is 0 Å². The summed E-state index contributed by atoms with van der Waals surface area (Å²) in [5, 5.41) is 14.0. The van der Waals surface area contributed by atoms with Gasteiger partial charge in [0.05, 0.1) is 27.8 Å². The molecule has 0 radical (unpaired) electrons. The van der Waals surface area contributed by atoms with E-state index in [1.807, 2.05) is 6.07 Å². The normalized spacial score (nSPS) is 12.1. The molecule has 0 bridgehead atoms. The summed E-state index contributed by atoms with van der Waals surface area (Å²) in [7, 11) is 0. The molecule has 27 heavy (non-hydrogen) atoms. The standard InChI is InChI=1S/C19H11ClF2N4S/c20-17-5-10(8-27-17)12-2-3-13(19(22)18(12)21)16(7-23)26-11-1-4-14-15(6-11)25-9-24-14/h1-6,8-9,16,26H,(H,24,25). The van der Waals surface area contributed by atoms with Crippen LogP contribution in [0.1, 0.15) is 11.6 Å². The van der Waals surface area contributed by atoms with Gasteiger partial charge in [-0.3, -0.25) is 0 Å². The van der Waals surface area contributed by atoms with E-state index in [-0.39, 0.29) is 11.1 Å². The van der Waals surface area contributed by atoms with Crippen molar-refractivity contribution in [2.45, 2.75) is 6.04 Å². The molecule has 0 saturated carbocycles. The smallest absolute Gasteiger partial charge is 0.167 e. The lowest BCUT2D eigenvalue weighted by Gasteiger charge is -2.15. The van der Waals surface area contributed by atoms with Gasteiger partial charge in [-0.15, -0.1) is 11.3 Å². The molecule has 1 unspecified atom stereocenters. The fourth-order valence-corrected chi connectivity index (χ4v) is 3.71. The minimum Gasteiger partial charge on any atom is -0.366 e. The number of fused-ring (bicyclic) bond motifs is 1. The third-order valence-corrected chi connectivity index (χ3v) is 5.25. The molecule has 8 heteroatoms. The summed E-state index contributed by atoms with van der Waals surface area (Å²) in [5.74, 6) is -2.07. The Morgan fingerprint density at radius 1 is 1.19 bits per heavy atom. The van der Waals surface area contributed by atoms with Crippen LogP contribution in [0, 0.1) is 23.0 Å². The van der Waals surface area contributed by atoms with Gasteiger partial charge in [-0.1, -0.05) is 23.7 Å². The molecule has 4 aromatic rings. The number of aromatic nitrogens is 2. The predicted octanol–water partition coefficient (Wildman–Crippen LogP) is 5.90. The summed E-state index contributed by atoms with van der Waals surface area (Å²) in [6.45, 7) is 0. The lowest BCUT2D eigenvalue weighted by atomic mass is 10.0. The molecule has 0 spiro atoms. The summed E-state index contributed by atoms with van der Waals surface area (Å²) < 4.78 is 29.8. The zero-order valence-electron chi connectivity index (χ0n) is 13.6. The topological polar surface area (TPSA) is 64.5 Å². The van der Waals surface area contributed by atoms with Crippen molar-refractivity contribution in [1.82, 2.24) is 9.97 Å². The van der Waals surface area contributed by atoms with E-state index in [1.165, 1.54) is 23.5 Å². The summed E-state index contributed by atoms with van der Waals surface area (Å²) in [4.78, 5) is 7.11. The first kappa shape index (κ1) is 17.5. The number of hydrogen-bond acceptors (Lipinski definition) is 4. The van der Waals surface area contributed by atoms with Crippen molar-refractivity contribution in [3.05, 3.63) is 69.6 Å². The molecule has 2 N–H and O–H groups in total.